The van der Waals surface area contributed by atoms with Crippen molar-refractivity contribution in [3.8, 4) is 17.6 Å². The Morgan fingerprint density at radius 2 is 2.13 bits per heavy atom. The van der Waals surface area contributed by atoms with Crippen LogP contribution in [0.25, 0.3) is 0 Å². The summed E-state index contributed by atoms with van der Waals surface area (Å²) in [5, 5.41) is 11.7. The van der Waals surface area contributed by atoms with Crippen molar-refractivity contribution in [2.75, 3.05) is 22.8 Å². The number of nitrogens with one attached hydrogen (secondary N) is 1. The van der Waals surface area contributed by atoms with Gasteiger partial charge in [0, 0.05) is 28.2 Å². The van der Waals surface area contributed by atoms with E-state index in [1.807, 2.05) is 28.5 Å². The Morgan fingerprint density at radius 1 is 1.27 bits per heavy atom. The molecule has 1 aromatic heterocycles. The molecule has 30 heavy (non-hydrogen) atoms. The van der Waals surface area contributed by atoms with Crippen LogP contribution in [0.2, 0.25) is 0 Å². The van der Waals surface area contributed by atoms with Gasteiger partial charge in [0.15, 0.2) is 5.13 Å². The van der Waals surface area contributed by atoms with Crippen molar-refractivity contribution >= 4 is 39.8 Å². The molecular formula is C19H13F3N4O2S2. The minimum absolute atomic E-state index is 0.190. The number of halogens is 3. The number of fused-ring (bicyclic) bond motifs is 1. The van der Waals surface area contributed by atoms with E-state index < -0.39 is 12.1 Å². The van der Waals surface area contributed by atoms with Gasteiger partial charge < -0.3 is 19.1 Å². The number of anilines is 3. The Balaban J connectivity index is 1.60. The normalized spacial score (nSPS) is 13.2. The number of nitrogens with zero attached hydrogens (tertiary/aromatic N) is 3. The number of aromatic nitrogens is 1. The predicted octanol–water partition coefficient (Wildman–Crippen LogP) is 5.56. The van der Waals surface area contributed by atoms with Crippen LogP contribution in [0.4, 0.5) is 29.7 Å². The first-order valence-corrected chi connectivity index (χ1v) is 10.3. The summed E-state index contributed by atoms with van der Waals surface area (Å²) in [6.07, 6.45) is -3.18. The monoisotopic (exact) mass is 450 g/mol. The number of hydrogen-bond acceptors (Lipinski definition) is 8. The van der Waals surface area contributed by atoms with Gasteiger partial charge >= 0.3 is 6.36 Å². The fraction of sp³-hybridized carbons (Fsp3) is 0.158. The van der Waals surface area contributed by atoms with Crippen LogP contribution < -0.4 is 19.1 Å². The number of rotatable bonds is 5. The third-order valence-corrected chi connectivity index (χ3v) is 5.71. The molecule has 1 N–H and O–H groups in total. The van der Waals surface area contributed by atoms with Crippen LogP contribution in [-0.2, 0) is 0 Å². The fourth-order valence-electron chi connectivity index (χ4n) is 2.89. The van der Waals surface area contributed by atoms with E-state index in [0.29, 0.717) is 30.3 Å². The van der Waals surface area contributed by atoms with Crippen LogP contribution in [0.15, 0.2) is 52.9 Å². The Morgan fingerprint density at radius 3 is 2.87 bits per heavy atom. The average Bonchev–Trinajstić information content (AvgIpc) is 3.24. The van der Waals surface area contributed by atoms with E-state index in [9.17, 15) is 13.2 Å². The smallest absolute Gasteiger partial charge is 0.489 e. The standard InChI is InChI=1S/C19H13F3N4O2S2/c20-19(21,22)28-16-9-13(2-1-12(16)11-23)26-6-7-27-17-10-14(3-4-15(17)26)30-25-18-24-5-8-29-18/h1-5,8-10H,6-7H2,(H,24,25). The molecule has 2 heterocycles. The molecule has 0 radical (unpaired) electrons. The Labute approximate surface area is 178 Å². The Kier molecular flexibility index (Phi) is 5.61. The van der Waals surface area contributed by atoms with E-state index in [1.165, 1.54) is 35.4 Å². The molecule has 0 bridgehead atoms. The lowest BCUT2D eigenvalue weighted by Crippen LogP contribution is -2.28. The molecule has 0 unspecified atom stereocenters. The number of ether oxygens (including phenoxy) is 2. The molecule has 1 aliphatic rings. The molecule has 0 saturated carbocycles. The minimum atomic E-state index is -4.89. The molecular weight excluding hydrogens is 437 g/mol. The van der Waals surface area contributed by atoms with Gasteiger partial charge in [0.25, 0.3) is 0 Å². The maximum Gasteiger partial charge on any atom is 0.573 e. The zero-order chi connectivity index (χ0) is 21.1. The van der Waals surface area contributed by atoms with Crippen LogP contribution in [0, 0.1) is 11.3 Å². The fourth-order valence-corrected chi connectivity index (χ4v) is 4.14. The number of thiazole rings is 1. The van der Waals surface area contributed by atoms with Gasteiger partial charge in [0.1, 0.15) is 24.2 Å². The Hall–Kier alpha value is -3.10. The number of benzene rings is 2. The number of nitriles is 1. The van der Waals surface area contributed by atoms with E-state index in [2.05, 4.69) is 14.4 Å². The lowest BCUT2D eigenvalue weighted by molar-refractivity contribution is -0.274. The van der Waals surface area contributed by atoms with E-state index in [4.69, 9.17) is 10.00 Å². The van der Waals surface area contributed by atoms with Crippen molar-refractivity contribution < 1.29 is 22.6 Å². The van der Waals surface area contributed by atoms with Gasteiger partial charge in [-0.1, -0.05) is 0 Å². The van der Waals surface area contributed by atoms with E-state index in [0.717, 1.165) is 10.0 Å². The summed E-state index contributed by atoms with van der Waals surface area (Å²) < 4.78 is 51.1. The maximum absolute atomic E-state index is 12.7. The van der Waals surface area contributed by atoms with E-state index >= 15 is 0 Å². The molecule has 3 aromatic rings. The molecule has 0 amide bonds. The van der Waals surface area contributed by atoms with Gasteiger partial charge in [-0.25, -0.2) is 4.98 Å². The molecule has 6 nitrogen and oxygen atoms in total. The Bertz CT molecular complexity index is 1080. The third-order valence-electron chi connectivity index (χ3n) is 4.11. The number of alkyl halides is 3. The summed E-state index contributed by atoms with van der Waals surface area (Å²) in [4.78, 5) is 6.87. The second-order valence-electron chi connectivity index (χ2n) is 6.01. The molecule has 1 aliphatic heterocycles. The highest BCUT2D eigenvalue weighted by molar-refractivity contribution is 8.00. The van der Waals surface area contributed by atoms with Gasteiger partial charge in [0.2, 0.25) is 0 Å². The van der Waals surface area contributed by atoms with Crippen molar-refractivity contribution in [1.82, 2.24) is 4.98 Å². The molecule has 11 heteroatoms. The summed E-state index contributed by atoms with van der Waals surface area (Å²) in [6.45, 7) is 0.796. The first-order valence-electron chi connectivity index (χ1n) is 8.59. The second-order valence-corrected chi connectivity index (χ2v) is 7.79. The van der Waals surface area contributed by atoms with Gasteiger partial charge in [-0.15, -0.1) is 24.5 Å². The van der Waals surface area contributed by atoms with E-state index in [-0.39, 0.29) is 5.56 Å². The summed E-state index contributed by atoms with van der Waals surface area (Å²) in [5.74, 6) is 0.0743. The minimum Gasteiger partial charge on any atom is -0.489 e. The van der Waals surface area contributed by atoms with Gasteiger partial charge in [-0.2, -0.15) is 5.26 Å². The molecule has 154 valence electrons. The van der Waals surface area contributed by atoms with Crippen molar-refractivity contribution in [1.29, 1.82) is 5.26 Å². The van der Waals surface area contributed by atoms with Crippen molar-refractivity contribution in [3.05, 3.63) is 53.5 Å². The van der Waals surface area contributed by atoms with Crippen LogP contribution in [0.1, 0.15) is 5.56 Å². The van der Waals surface area contributed by atoms with Crippen LogP contribution in [-0.4, -0.2) is 24.5 Å². The average molecular weight is 450 g/mol. The molecule has 0 spiro atoms. The van der Waals surface area contributed by atoms with Gasteiger partial charge in [0.05, 0.1) is 17.8 Å². The van der Waals surface area contributed by atoms with Crippen LogP contribution in [0.3, 0.4) is 0 Å². The first kappa shape index (κ1) is 20.2. The zero-order valence-electron chi connectivity index (χ0n) is 15.1. The summed E-state index contributed by atoms with van der Waals surface area (Å²) in [6, 6.07) is 11.4. The lowest BCUT2D eigenvalue weighted by atomic mass is 10.1. The summed E-state index contributed by atoms with van der Waals surface area (Å²) in [7, 11) is 0. The largest absolute Gasteiger partial charge is 0.573 e. The van der Waals surface area contributed by atoms with Crippen LogP contribution in [0.5, 0.6) is 11.5 Å². The van der Waals surface area contributed by atoms with Gasteiger partial charge in [-0.05, 0) is 42.3 Å². The molecule has 0 aliphatic carbocycles. The quantitative estimate of drug-likeness (QED) is 0.510. The molecule has 2 aromatic carbocycles. The van der Waals surface area contributed by atoms with Crippen molar-refractivity contribution in [2.45, 2.75) is 11.3 Å². The maximum atomic E-state index is 12.7. The summed E-state index contributed by atoms with van der Waals surface area (Å²) >= 11 is 2.86. The van der Waals surface area contributed by atoms with Gasteiger partial charge in [-0.3, -0.25) is 0 Å². The van der Waals surface area contributed by atoms with Crippen molar-refractivity contribution in [2.24, 2.45) is 0 Å². The third kappa shape index (κ3) is 4.55. The molecule has 0 atom stereocenters. The molecule has 0 saturated heterocycles. The van der Waals surface area contributed by atoms with Crippen LogP contribution >= 0.6 is 23.3 Å². The van der Waals surface area contributed by atoms with Crippen molar-refractivity contribution in [3.63, 3.8) is 0 Å². The highest BCUT2D eigenvalue weighted by atomic mass is 32.2. The first-order chi connectivity index (χ1) is 14.4. The van der Waals surface area contributed by atoms with E-state index in [1.54, 1.807) is 18.3 Å². The predicted molar refractivity (Wildman–Crippen MR) is 108 cm³/mol. The topological polar surface area (TPSA) is 70.4 Å². The molecule has 4 rings (SSSR count). The number of hydrogen-bond donors (Lipinski definition) is 1. The summed E-state index contributed by atoms with van der Waals surface area (Å²) in [5.41, 5.74) is 0.992. The lowest BCUT2D eigenvalue weighted by Gasteiger charge is -2.32. The second kappa shape index (κ2) is 8.33. The highest BCUT2D eigenvalue weighted by Gasteiger charge is 2.33. The SMILES string of the molecule is N#Cc1ccc(N2CCOc3cc(SNc4nccs4)ccc32)cc1OC(F)(F)F. The molecule has 0 fully saturated rings. The highest BCUT2D eigenvalue weighted by Crippen LogP contribution is 2.41. The zero-order valence-corrected chi connectivity index (χ0v) is 16.8.